The van der Waals surface area contributed by atoms with Crippen LogP contribution in [0.15, 0.2) is 36.8 Å². The van der Waals surface area contributed by atoms with Crippen LogP contribution in [-0.4, -0.2) is 32.0 Å². The monoisotopic (exact) mass is 298 g/mol. The van der Waals surface area contributed by atoms with Crippen LogP contribution in [0.5, 0.6) is 0 Å². The number of ether oxygens (including phenoxy) is 1. The molecule has 3 heterocycles. The zero-order valence-electron chi connectivity index (χ0n) is 13.4. The third kappa shape index (κ3) is 1.68. The zero-order valence-corrected chi connectivity index (χ0v) is 13.4. The normalized spacial score (nSPS) is 31.0. The van der Waals surface area contributed by atoms with E-state index in [0.29, 0.717) is 0 Å². The smallest absolute Gasteiger partial charge is 0.0956 e. The lowest BCUT2D eigenvalue weighted by Gasteiger charge is -2.33. The van der Waals surface area contributed by atoms with Crippen LogP contribution in [0, 0.1) is 5.92 Å². The van der Waals surface area contributed by atoms with Gasteiger partial charge in [-0.1, -0.05) is 24.3 Å². The van der Waals surface area contributed by atoms with E-state index in [2.05, 4.69) is 47.7 Å². The molecule has 0 amide bonds. The molecular weight excluding hydrogens is 276 g/mol. The fourth-order valence-electron chi connectivity index (χ4n) is 4.41. The summed E-state index contributed by atoms with van der Waals surface area (Å²) in [6.07, 6.45) is 3.24. The minimum atomic E-state index is -0.549. The zero-order chi connectivity index (χ0) is 15.7. The van der Waals surface area contributed by atoms with Crippen LogP contribution in [0.4, 0.5) is 0 Å². The maximum Gasteiger partial charge on any atom is 0.0956 e. The van der Waals surface area contributed by atoms with Gasteiger partial charge in [-0.3, -0.25) is 0 Å². The highest BCUT2D eigenvalue weighted by Gasteiger charge is 2.58. The van der Waals surface area contributed by atoms with E-state index in [-0.39, 0.29) is 12.0 Å². The molecule has 1 N–H and O–H groups in total. The van der Waals surface area contributed by atoms with E-state index in [1.165, 1.54) is 11.1 Å². The Morgan fingerprint density at radius 1 is 1.14 bits per heavy atom. The van der Waals surface area contributed by atoms with Crippen LogP contribution >= 0.6 is 0 Å². The first-order valence-corrected chi connectivity index (χ1v) is 7.82. The first kappa shape index (κ1) is 14.0. The van der Waals surface area contributed by atoms with Crippen molar-refractivity contribution in [3.8, 4) is 11.3 Å². The molecule has 4 rings (SSSR count). The topological polar surface area (TPSA) is 47.3 Å². The Balaban J connectivity index is 1.90. The van der Waals surface area contributed by atoms with Crippen molar-refractivity contribution in [3.05, 3.63) is 42.4 Å². The maximum absolute atomic E-state index is 10.9. The summed E-state index contributed by atoms with van der Waals surface area (Å²) < 4.78 is 8.38. The Bertz CT molecular complexity index is 732. The fraction of sp³-hybridized carbons (Fsp3) is 0.500. The number of aliphatic hydroxyl groups excluding tert-OH is 1. The largest absolute Gasteiger partial charge is 0.390 e. The van der Waals surface area contributed by atoms with Gasteiger partial charge in [0.25, 0.3) is 0 Å². The second-order valence-electron chi connectivity index (χ2n) is 7.50. The van der Waals surface area contributed by atoms with Crippen molar-refractivity contribution in [1.29, 1.82) is 0 Å². The molecule has 1 aromatic heterocycles. The third-order valence-corrected chi connectivity index (χ3v) is 5.24. The number of benzene rings is 1. The molecule has 2 aliphatic rings. The Morgan fingerprint density at radius 2 is 1.86 bits per heavy atom. The molecule has 3 atom stereocenters. The van der Waals surface area contributed by atoms with Crippen molar-refractivity contribution in [1.82, 2.24) is 9.55 Å². The van der Waals surface area contributed by atoms with E-state index >= 15 is 0 Å². The van der Waals surface area contributed by atoms with Gasteiger partial charge in [-0.15, -0.1) is 0 Å². The van der Waals surface area contributed by atoms with E-state index in [1.54, 1.807) is 0 Å². The Labute approximate surface area is 130 Å². The van der Waals surface area contributed by atoms with Crippen LogP contribution in [0.1, 0.15) is 39.3 Å². The van der Waals surface area contributed by atoms with Crippen LogP contribution < -0.4 is 0 Å². The molecule has 0 radical (unpaired) electrons. The molecule has 1 fully saturated rings. The molecule has 0 bridgehead atoms. The van der Waals surface area contributed by atoms with Crippen LogP contribution in [0.3, 0.4) is 0 Å². The second kappa shape index (κ2) is 4.21. The summed E-state index contributed by atoms with van der Waals surface area (Å²) in [6, 6.07) is 8.45. The van der Waals surface area contributed by atoms with Gasteiger partial charge in [0.2, 0.25) is 0 Å². The second-order valence-corrected chi connectivity index (χ2v) is 7.50. The molecule has 0 aliphatic carbocycles. The minimum Gasteiger partial charge on any atom is -0.390 e. The predicted molar refractivity (Wildman–Crippen MR) is 84.5 cm³/mol. The first-order valence-electron chi connectivity index (χ1n) is 7.82. The molecule has 22 heavy (non-hydrogen) atoms. The molecule has 1 unspecified atom stereocenters. The lowest BCUT2D eigenvalue weighted by Crippen LogP contribution is -2.40. The maximum atomic E-state index is 10.9. The summed E-state index contributed by atoms with van der Waals surface area (Å²) in [6.45, 7) is 8.09. The molecule has 4 heteroatoms. The Morgan fingerprint density at radius 3 is 2.55 bits per heavy atom. The Hall–Kier alpha value is -1.65. The fourth-order valence-corrected chi connectivity index (χ4v) is 4.41. The van der Waals surface area contributed by atoms with Crippen molar-refractivity contribution < 1.29 is 9.84 Å². The molecule has 1 saturated heterocycles. The molecule has 2 aliphatic heterocycles. The van der Waals surface area contributed by atoms with Crippen LogP contribution in [-0.2, 0) is 4.74 Å². The summed E-state index contributed by atoms with van der Waals surface area (Å²) in [7, 11) is 0. The highest BCUT2D eigenvalue weighted by molar-refractivity contribution is 5.69. The van der Waals surface area contributed by atoms with Crippen molar-refractivity contribution in [2.45, 2.75) is 51.0 Å². The summed E-state index contributed by atoms with van der Waals surface area (Å²) in [5.41, 5.74) is 2.61. The highest BCUT2D eigenvalue weighted by Crippen LogP contribution is 2.53. The van der Waals surface area contributed by atoms with Gasteiger partial charge in [-0.2, -0.15) is 0 Å². The number of aliphatic hydroxyl groups is 1. The summed E-state index contributed by atoms with van der Waals surface area (Å²) >= 11 is 0. The summed E-state index contributed by atoms with van der Waals surface area (Å²) in [4.78, 5) is 4.31. The molecule has 4 nitrogen and oxygen atoms in total. The molecule has 0 saturated carbocycles. The van der Waals surface area contributed by atoms with Crippen molar-refractivity contribution >= 4 is 0 Å². The summed E-state index contributed by atoms with van der Waals surface area (Å²) in [5, 5.41) is 10.9. The predicted octanol–water partition coefficient (Wildman–Crippen LogP) is 3.02. The molecule has 1 aromatic carbocycles. The van der Waals surface area contributed by atoms with Gasteiger partial charge < -0.3 is 14.4 Å². The van der Waals surface area contributed by atoms with Crippen molar-refractivity contribution in [3.63, 3.8) is 0 Å². The Kier molecular flexibility index (Phi) is 2.67. The van der Waals surface area contributed by atoms with Gasteiger partial charge in [0.15, 0.2) is 0 Å². The first-order chi connectivity index (χ1) is 10.3. The SMILES string of the molecule is CC1(C)OC(C)(C)[C@H](C2c3ccccc3-c3cncn32)[C@H]1O. The van der Waals surface area contributed by atoms with Crippen molar-refractivity contribution in [2.75, 3.05) is 0 Å². The number of rotatable bonds is 1. The lowest BCUT2D eigenvalue weighted by molar-refractivity contribution is -0.0915. The number of hydrogen-bond acceptors (Lipinski definition) is 3. The van der Waals surface area contributed by atoms with Gasteiger partial charge in [0.05, 0.1) is 41.6 Å². The number of imidazole rings is 1. The minimum absolute atomic E-state index is 0.0286. The standard InChI is InChI=1S/C18H22N2O2/c1-17(2)14(16(21)18(3,4)22-17)15-12-8-6-5-7-11(12)13-9-19-10-20(13)15/h5-10,14-16,21H,1-4H3/t14-,15?,16-/m1/s1. The van der Waals surface area contributed by atoms with E-state index < -0.39 is 17.3 Å². The summed E-state index contributed by atoms with van der Waals surface area (Å²) in [5.74, 6) is -0.0286. The molecule has 0 spiro atoms. The van der Waals surface area contributed by atoms with E-state index in [0.717, 1.165) is 5.69 Å². The van der Waals surface area contributed by atoms with Gasteiger partial charge in [0, 0.05) is 11.5 Å². The van der Waals surface area contributed by atoms with Gasteiger partial charge in [0.1, 0.15) is 0 Å². The number of aromatic nitrogens is 2. The number of fused-ring (bicyclic) bond motifs is 3. The van der Waals surface area contributed by atoms with Gasteiger partial charge in [-0.05, 0) is 33.3 Å². The van der Waals surface area contributed by atoms with E-state index in [4.69, 9.17) is 4.74 Å². The molecular formula is C18H22N2O2. The van der Waals surface area contributed by atoms with Crippen LogP contribution in [0.2, 0.25) is 0 Å². The van der Waals surface area contributed by atoms with Crippen LogP contribution in [0.25, 0.3) is 11.3 Å². The quantitative estimate of drug-likeness (QED) is 0.880. The average Bonchev–Trinajstić information content (AvgIpc) is 3.04. The van der Waals surface area contributed by atoms with E-state index in [9.17, 15) is 5.11 Å². The highest BCUT2D eigenvalue weighted by atomic mass is 16.5. The average molecular weight is 298 g/mol. The lowest BCUT2D eigenvalue weighted by atomic mass is 9.77. The molecule has 116 valence electrons. The third-order valence-electron chi connectivity index (χ3n) is 5.24. The van der Waals surface area contributed by atoms with Gasteiger partial charge in [-0.25, -0.2) is 4.98 Å². The van der Waals surface area contributed by atoms with Crippen molar-refractivity contribution in [2.24, 2.45) is 5.92 Å². The number of hydrogen-bond donors (Lipinski definition) is 1. The van der Waals surface area contributed by atoms with E-state index in [1.807, 2.05) is 26.4 Å². The number of nitrogens with zero attached hydrogens (tertiary/aromatic N) is 2. The van der Waals surface area contributed by atoms with Gasteiger partial charge >= 0.3 is 0 Å². The molecule has 2 aromatic rings.